The molecule has 2 aliphatic heterocycles. The van der Waals surface area contributed by atoms with E-state index in [1.165, 1.54) is 0 Å². The van der Waals surface area contributed by atoms with Crippen LogP contribution in [-0.2, 0) is 6.54 Å². The average Bonchev–Trinajstić information content (AvgIpc) is 3.40. The van der Waals surface area contributed by atoms with Crippen LogP contribution >= 0.6 is 0 Å². The van der Waals surface area contributed by atoms with E-state index in [1.807, 2.05) is 56.3 Å². The van der Waals surface area contributed by atoms with Gasteiger partial charge in [-0.2, -0.15) is 18.3 Å². The van der Waals surface area contributed by atoms with Crippen LogP contribution in [0, 0.1) is 5.92 Å². The number of rotatable bonds is 7. The highest BCUT2D eigenvalue weighted by Crippen LogP contribution is 2.32. The van der Waals surface area contributed by atoms with Crippen LogP contribution < -0.4 is 4.90 Å². The number of anilines is 1. The first-order chi connectivity index (χ1) is 17.2. The minimum atomic E-state index is -4.44. The number of hydrogen-bond acceptors (Lipinski definition) is 4. The van der Waals surface area contributed by atoms with Gasteiger partial charge in [0, 0.05) is 36.3 Å². The third kappa shape index (κ3) is 6.84. The van der Waals surface area contributed by atoms with E-state index in [1.54, 1.807) is 0 Å². The van der Waals surface area contributed by atoms with Gasteiger partial charge in [-0.05, 0) is 63.0 Å². The molecule has 1 fully saturated rings. The summed E-state index contributed by atoms with van der Waals surface area (Å²) < 4.78 is 38.7. The minimum Gasteiger partial charge on any atom is -0.341 e. The fraction of sp³-hybridized carbons (Fsp3) is 0.448. The molecule has 0 aromatic heterocycles. The van der Waals surface area contributed by atoms with E-state index in [0.29, 0.717) is 29.8 Å². The van der Waals surface area contributed by atoms with Gasteiger partial charge in [0.25, 0.3) is 0 Å². The van der Waals surface area contributed by atoms with Crippen LogP contribution in [0.1, 0.15) is 58.1 Å². The van der Waals surface area contributed by atoms with Crippen molar-refractivity contribution in [2.75, 3.05) is 18.0 Å². The molecule has 0 radical (unpaired) electrons. The Kier molecular flexibility index (Phi) is 9.49. The second-order valence-corrected chi connectivity index (χ2v) is 9.28. The van der Waals surface area contributed by atoms with Crippen LogP contribution in [0.2, 0.25) is 0 Å². The van der Waals surface area contributed by atoms with E-state index in [4.69, 9.17) is 0 Å². The molecule has 36 heavy (non-hydrogen) atoms. The van der Waals surface area contributed by atoms with Gasteiger partial charge in [-0.1, -0.05) is 62.9 Å². The Hall–Kier alpha value is -2.93. The van der Waals surface area contributed by atoms with Crippen LogP contribution in [-0.4, -0.2) is 41.6 Å². The van der Waals surface area contributed by atoms with Gasteiger partial charge < -0.3 is 9.80 Å². The van der Waals surface area contributed by atoms with Crippen molar-refractivity contribution in [2.45, 2.75) is 65.7 Å². The van der Waals surface area contributed by atoms with Gasteiger partial charge in [-0.25, -0.2) is 0 Å². The van der Waals surface area contributed by atoms with Crippen molar-refractivity contribution in [1.82, 2.24) is 4.90 Å². The van der Waals surface area contributed by atoms with E-state index in [2.05, 4.69) is 52.6 Å². The average molecular weight is 499 g/mol. The van der Waals surface area contributed by atoms with Gasteiger partial charge in [0.2, 0.25) is 0 Å². The zero-order valence-electron chi connectivity index (χ0n) is 21.7. The number of para-hydroxylation sites is 1. The van der Waals surface area contributed by atoms with E-state index in [9.17, 15) is 13.2 Å². The first-order valence-electron chi connectivity index (χ1n) is 12.8. The van der Waals surface area contributed by atoms with E-state index in [0.717, 1.165) is 42.9 Å². The summed E-state index contributed by atoms with van der Waals surface area (Å²) in [4.78, 5) is 4.78. The molecule has 2 aromatic carbocycles. The van der Waals surface area contributed by atoms with Crippen molar-refractivity contribution in [2.24, 2.45) is 16.1 Å². The quantitative estimate of drug-likeness (QED) is 0.397. The highest BCUT2D eigenvalue weighted by atomic mass is 19.4. The number of piperidine rings is 1. The maximum Gasteiger partial charge on any atom is 0.431 e. The monoisotopic (exact) mass is 498 g/mol. The lowest BCUT2D eigenvalue weighted by molar-refractivity contribution is -0.0596. The standard InChI is InChI=1S/C27H31F3N4.C2H6/c1-19(2)33-15-13-22(14-16-33)20(3)34(24-7-5-4-6-8-24)18-21-9-11-23(12-10-21)25-17-26(32-31-25)27(28,29)30;1-2/h4-12,19,22H,3,13-18H2,1-2H3;1-2H3. The Morgan fingerprint density at radius 1 is 1.00 bits per heavy atom. The van der Waals surface area contributed by atoms with Gasteiger partial charge in [0.15, 0.2) is 0 Å². The predicted octanol–water partition coefficient (Wildman–Crippen LogP) is 7.46. The van der Waals surface area contributed by atoms with E-state index >= 15 is 0 Å². The second kappa shape index (κ2) is 12.3. The molecule has 2 heterocycles. The Bertz CT molecular complexity index is 1050. The number of hydrogen-bond donors (Lipinski definition) is 0. The first kappa shape index (κ1) is 27.7. The van der Waals surface area contributed by atoms with E-state index < -0.39 is 11.9 Å². The molecule has 1 saturated heterocycles. The minimum absolute atomic E-state index is 0.287. The number of nitrogens with zero attached hydrogens (tertiary/aromatic N) is 4. The fourth-order valence-corrected chi connectivity index (χ4v) is 4.59. The molecule has 0 bridgehead atoms. The SMILES string of the molecule is C=C(C1CCN(C(C)C)CC1)N(Cc1ccc(C2=NN=C(C(F)(F)F)C2)cc1)c1ccccc1.CC. The Balaban J connectivity index is 0.00000176. The van der Waals surface area contributed by atoms with E-state index in [-0.39, 0.29) is 6.42 Å². The van der Waals surface area contributed by atoms with Crippen molar-refractivity contribution in [3.63, 3.8) is 0 Å². The summed E-state index contributed by atoms with van der Waals surface area (Å²) in [6.45, 7) is 15.8. The van der Waals surface area contributed by atoms with Crippen molar-refractivity contribution in [3.05, 3.63) is 78.0 Å². The number of halogens is 3. The lowest BCUT2D eigenvalue weighted by Gasteiger charge is -2.39. The molecule has 4 nitrogen and oxygen atoms in total. The van der Waals surface area contributed by atoms with Gasteiger partial charge in [-0.15, -0.1) is 5.10 Å². The molecule has 7 heteroatoms. The third-order valence-corrected chi connectivity index (χ3v) is 6.73. The molecule has 0 unspecified atom stereocenters. The van der Waals surface area contributed by atoms with Crippen LogP contribution in [0.25, 0.3) is 0 Å². The van der Waals surface area contributed by atoms with Crippen molar-refractivity contribution < 1.29 is 13.2 Å². The zero-order valence-corrected chi connectivity index (χ0v) is 21.7. The van der Waals surface area contributed by atoms with Crippen LogP contribution in [0.15, 0.2) is 77.1 Å². The van der Waals surface area contributed by atoms with Crippen LogP contribution in [0.3, 0.4) is 0 Å². The Morgan fingerprint density at radius 3 is 2.14 bits per heavy atom. The summed E-state index contributed by atoms with van der Waals surface area (Å²) in [6.07, 6.45) is -2.56. The van der Waals surface area contributed by atoms with Gasteiger partial charge >= 0.3 is 6.18 Å². The normalized spacial score (nSPS) is 16.8. The van der Waals surface area contributed by atoms with Crippen molar-refractivity contribution in [1.29, 1.82) is 0 Å². The number of allylic oxidation sites excluding steroid dienone is 1. The molecule has 0 atom stereocenters. The molecule has 4 rings (SSSR count). The number of benzene rings is 2. The summed E-state index contributed by atoms with van der Waals surface area (Å²) in [5.41, 5.74) is 3.43. The molecule has 0 spiro atoms. The molecule has 0 saturated carbocycles. The second-order valence-electron chi connectivity index (χ2n) is 9.28. The molecule has 0 amide bonds. The van der Waals surface area contributed by atoms with Gasteiger partial charge in [0.05, 0.1) is 5.71 Å². The maximum atomic E-state index is 12.9. The van der Waals surface area contributed by atoms with Gasteiger partial charge in [0.1, 0.15) is 5.71 Å². The highest BCUT2D eigenvalue weighted by Gasteiger charge is 2.38. The zero-order chi connectivity index (χ0) is 26.3. The lowest BCUT2D eigenvalue weighted by atomic mass is 9.92. The highest BCUT2D eigenvalue weighted by molar-refractivity contribution is 6.16. The Morgan fingerprint density at radius 2 is 1.61 bits per heavy atom. The molecular formula is C29H37F3N4. The molecule has 2 aromatic rings. The van der Waals surface area contributed by atoms with Crippen LogP contribution in [0.4, 0.5) is 18.9 Å². The Labute approximate surface area is 213 Å². The molecule has 194 valence electrons. The molecule has 2 aliphatic rings. The third-order valence-electron chi connectivity index (χ3n) is 6.73. The maximum absolute atomic E-state index is 12.9. The van der Waals surface area contributed by atoms with Gasteiger partial charge in [-0.3, -0.25) is 0 Å². The van der Waals surface area contributed by atoms with Crippen molar-refractivity contribution in [3.8, 4) is 0 Å². The topological polar surface area (TPSA) is 31.2 Å². The lowest BCUT2D eigenvalue weighted by Crippen LogP contribution is -2.40. The van der Waals surface area contributed by atoms with Crippen LogP contribution in [0.5, 0.6) is 0 Å². The largest absolute Gasteiger partial charge is 0.431 e. The first-order valence-corrected chi connectivity index (χ1v) is 12.8. The number of alkyl halides is 3. The number of likely N-dealkylation sites (tertiary alicyclic amines) is 1. The predicted molar refractivity (Wildman–Crippen MR) is 144 cm³/mol. The summed E-state index contributed by atoms with van der Waals surface area (Å²) in [6, 6.07) is 18.3. The summed E-state index contributed by atoms with van der Waals surface area (Å²) in [5.74, 6) is 0.417. The van der Waals surface area contributed by atoms with Crippen molar-refractivity contribution >= 4 is 17.1 Å². The smallest absolute Gasteiger partial charge is 0.341 e. The fourth-order valence-electron chi connectivity index (χ4n) is 4.59. The molecule has 0 N–H and O–H groups in total. The molecular weight excluding hydrogens is 461 g/mol. The summed E-state index contributed by atoms with van der Waals surface area (Å²) >= 11 is 0. The summed E-state index contributed by atoms with van der Waals surface area (Å²) in [7, 11) is 0. The summed E-state index contributed by atoms with van der Waals surface area (Å²) in [5, 5.41) is 7.08. The molecule has 0 aliphatic carbocycles.